The first kappa shape index (κ1) is 15.5. The number of nitrogens with zero attached hydrogens (tertiary/aromatic N) is 4. The van der Waals surface area contributed by atoms with Crippen LogP contribution in [0, 0.1) is 5.82 Å². The first-order chi connectivity index (χ1) is 10.9. The van der Waals surface area contributed by atoms with Crippen LogP contribution in [0.15, 0.2) is 39.0 Å². The molecule has 0 atom stereocenters. The van der Waals surface area contributed by atoms with E-state index < -0.39 is 5.56 Å². The van der Waals surface area contributed by atoms with Crippen LogP contribution in [0.2, 0.25) is 0 Å². The van der Waals surface area contributed by atoms with Crippen LogP contribution in [0.5, 0.6) is 0 Å². The third-order valence-corrected chi connectivity index (χ3v) is 4.80. The lowest BCUT2D eigenvalue weighted by Gasteiger charge is -2.06. The van der Waals surface area contributed by atoms with E-state index in [0.717, 1.165) is 10.1 Å². The summed E-state index contributed by atoms with van der Waals surface area (Å²) in [4.78, 5) is 28.6. The van der Waals surface area contributed by atoms with Crippen LogP contribution in [0.25, 0.3) is 11.2 Å². The van der Waals surface area contributed by atoms with Crippen molar-refractivity contribution in [1.82, 2.24) is 18.7 Å². The third-order valence-electron chi connectivity index (χ3n) is 3.70. The fourth-order valence-corrected chi connectivity index (χ4v) is 3.34. The zero-order valence-electron chi connectivity index (χ0n) is 12.9. The summed E-state index contributed by atoms with van der Waals surface area (Å²) in [5, 5.41) is 0.627. The number of imidazole rings is 1. The van der Waals surface area contributed by atoms with Gasteiger partial charge in [0.25, 0.3) is 5.56 Å². The molecule has 0 unspecified atom stereocenters. The van der Waals surface area contributed by atoms with E-state index in [4.69, 9.17) is 0 Å². The molecule has 0 aliphatic rings. The highest BCUT2D eigenvalue weighted by molar-refractivity contribution is 7.98. The Morgan fingerprint density at radius 2 is 1.70 bits per heavy atom. The van der Waals surface area contributed by atoms with Crippen LogP contribution in [-0.2, 0) is 26.9 Å². The van der Waals surface area contributed by atoms with E-state index in [0.29, 0.717) is 16.6 Å². The molecule has 2 aromatic heterocycles. The molecule has 6 nitrogen and oxygen atoms in total. The lowest BCUT2D eigenvalue weighted by molar-refractivity contribution is 0.627. The van der Waals surface area contributed by atoms with Crippen LogP contribution in [0.3, 0.4) is 0 Å². The SMILES string of the molecule is Cn1c(=O)c2nc(SCc3ccc(F)cc3)n(C)c2n(C)c1=O. The van der Waals surface area contributed by atoms with E-state index in [1.807, 2.05) is 0 Å². The van der Waals surface area contributed by atoms with Crippen molar-refractivity contribution in [2.24, 2.45) is 21.1 Å². The number of hydrogen-bond donors (Lipinski definition) is 0. The molecule has 0 radical (unpaired) electrons. The quantitative estimate of drug-likeness (QED) is 0.680. The summed E-state index contributed by atoms with van der Waals surface area (Å²) in [6.45, 7) is 0. The Morgan fingerprint density at radius 3 is 2.35 bits per heavy atom. The summed E-state index contributed by atoms with van der Waals surface area (Å²) in [6.07, 6.45) is 0. The van der Waals surface area contributed by atoms with Gasteiger partial charge in [0.1, 0.15) is 5.82 Å². The highest BCUT2D eigenvalue weighted by Gasteiger charge is 2.17. The van der Waals surface area contributed by atoms with E-state index in [9.17, 15) is 14.0 Å². The molecule has 0 saturated heterocycles. The van der Waals surface area contributed by atoms with E-state index in [2.05, 4.69) is 4.98 Å². The summed E-state index contributed by atoms with van der Waals surface area (Å²) in [6, 6.07) is 6.23. The van der Waals surface area contributed by atoms with Gasteiger partial charge in [-0.3, -0.25) is 13.9 Å². The topological polar surface area (TPSA) is 61.8 Å². The van der Waals surface area contributed by atoms with E-state index in [1.54, 1.807) is 30.8 Å². The standard InChI is InChI=1S/C15H15FN4O2S/c1-18-12-11(13(21)20(3)15(22)19(12)2)17-14(18)23-8-9-4-6-10(16)7-5-9/h4-7H,8H2,1-3H3. The molecular weight excluding hydrogens is 319 g/mol. The molecule has 0 fully saturated rings. The van der Waals surface area contributed by atoms with Gasteiger partial charge < -0.3 is 4.57 Å². The Kier molecular flexibility index (Phi) is 3.85. The number of halogens is 1. The molecule has 8 heteroatoms. The molecule has 0 aliphatic carbocycles. The second-order valence-electron chi connectivity index (χ2n) is 5.25. The zero-order valence-corrected chi connectivity index (χ0v) is 13.7. The first-order valence-electron chi connectivity index (χ1n) is 6.90. The Morgan fingerprint density at radius 1 is 1.04 bits per heavy atom. The number of rotatable bonds is 3. The Labute approximate surface area is 135 Å². The highest BCUT2D eigenvalue weighted by Crippen LogP contribution is 2.24. The van der Waals surface area contributed by atoms with Gasteiger partial charge in [-0.15, -0.1) is 0 Å². The van der Waals surface area contributed by atoms with Crippen LogP contribution >= 0.6 is 11.8 Å². The summed E-state index contributed by atoms with van der Waals surface area (Å²) in [7, 11) is 4.81. The van der Waals surface area contributed by atoms with Gasteiger partial charge in [0, 0.05) is 26.9 Å². The van der Waals surface area contributed by atoms with Crippen molar-refractivity contribution < 1.29 is 4.39 Å². The predicted molar refractivity (Wildman–Crippen MR) is 87.2 cm³/mol. The van der Waals surface area contributed by atoms with Gasteiger partial charge in [-0.1, -0.05) is 23.9 Å². The third kappa shape index (κ3) is 2.59. The lowest BCUT2D eigenvalue weighted by atomic mass is 10.2. The van der Waals surface area contributed by atoms with Crippen molar-refractivity contribution in [2.45, 2.75) is 10.9 Å². The maximum Gasteiger partial charge on any atom is 0.332 e. The highest BCUT2D eigenvalue weighted by atomic mass is 32.2. The Bertz CT molecular complexity index is 1000. The number of hydrogen-bond acceptors (Lipinski definition) is 4. The van der Waals surface area contributed by atoms with Crippen LogP contribution in [-0.4, -0.2) is 18.7 Å². The Balaban J connectivity index is 2.02. The molecule has 0 aliphatic heterocycles. The van der Waals surface area contributed by atoms with Gasteiger partial charge >= 0.3 is 5.69 Å². The van der Waals surface area contributed by atoms with Crippen molar-refractivity contribution in [3.8, 4) is 0 Å². The molecule has 3 aromatic rings. The predicted octanol–water partition coefficient (Wildman–Crippen LogP) is 1.40. The van der Waals surface area contributed by atoms with Crippen molar-refractivity contribution in [3.05, 3.63) is 56.5 Å². The minimum absolute atomic E-state index is 0.263. The molecule has 0 bridgehead atoms. The number of aryl methyl sites for hydroxylation is 2. The summed E-state index contributed by atoms with van der Waals surface area (Å²) >= 11 is 1.43. The van der Waals surface area contributed by atoms with Crippen LogP contribution in [0.4, 0.5) is 4.39 Å². The smallest absolute Gasteiger partial charge is 0.308 e. The van der Waals surface area contributed by atoms with Gasteiger partial charge in [0.05, 0.1) is 0 Å². The monoisotopic (exact) mass is 334 g/mol. The molecule has 120 valence electrons. The minimum atomic E-state index is -0.410. The molecular formula is C15H15FN4O2S. The maximum absolute atomic E-state index is 12.9. The van der Waals surface area contributed by atoms with Crippen molar-refractivity contribution in [1.29, 1.82) is 0 Å². The average Bonchev–Trinajstić information content (AvgIpc) is 2.87. The van der Waals surface area contributed by atoms with Crippen LogP contribution < -0.4 is 11.2 Å². The van der Waals surface area contributed by atoms with Crippen LogP contribution in [0.1, 0.15) is 5.56 Å². The second kappa shape index (κ2) is 5.69. The number of aromatic nitrogens is 4. The molecule has 0 spiro atoms. The zero-order chi connectivity index (χ0) is 16.7. The molecule has 23 heavy (non-hydrogen) atoms. The van der Waals surface area contributed by atoms with Gasteiger partial charge in [-0.05, 0) is 17.7 Å². The van der Waals surface area contributed by atoms with Gasteiger partial charge in [0.2, 0.25) is 0 Å². The fraction of sp³-hybridized carbons (Fsp3) is 0.267. The number of fused-ring (bicyclic) bond motifs is 1. The van der Waals surface area contributed by atoms with E-state index >= 15 is 0 Å². The summed E-state index contributed by atoms with van der Waals surface area (Å²) < 4.78 is 17.1. The maximum atomic E-state index is 12.9. The molecule has 3 rings (SSSR count). The van der Waals surface area contributed by atoms with Crippen molar-refractivity contribution in [2.75, 3.05) is 0 Å². The van der Waals surface area contributed by atoms with Crippen molar-refractivity contribution >= 4 is 22.9 Å². The largest absolute Gasteiger partial charge is 0.332 e. The van der Waals surface area contributed by atoms with Gasteiger partial charge in [-0.2, -0.15) is 0 Å². The molecule has 0 amide bonds. The molecule has 0 saturated carbocycles. The summed E-state index contributed by atoms with van der Waals surface area (Å²) in [5.74, 6) is 0.311. The normalized spacial score (nSPS) is 11.3. The van der Waals surface area contributed by atoms with E-state index in [1.165, 1.54) is 35.5 Å². The first-order valence-corrected chi connectivity index (χ1v) is 7.88. The number of benzene rings is 1. The molecule has 1 aromatic carbocycles. The van der Waals surface area contributed by atoms with Crippen molar-refractivity contribution in [3.63, 3.8) is 0 Å². The fourth-order valence-electron chi connectivity index (χ4n) is 2.42. The van der Waals surface area contributed by atoms with Gasteiger partial charge in [-0.25, -0.2) is 14.2 Å². The number of thioether (sulfide) groups is 1. The second-order valence-corrected chi connectivity index (χ2v) is 6.19. The average molecular weight is 334 g/mol. The van der Waals surface area contributed by atoms with Gasteiger partial charge in [0.15, 0.2) is 16.3 Å². The lowest BCUT2D eigenvalue weighted by Crippen LogP contribution is -2.37. The molecule has 2 heterocycles. The minimum Gasteiger partial charge on any atom is -0.308 e. The summed E-state index contributed by atoms with van der Waals surface area (Å²) in [5.41, 5.74) is 0.900. The Hall–Kier alpha value is -2.35. The van der Waals surface area contributed by atoms with E-state index in [-0.39, 0.29) is 17.0 Å². The molecule has 0 N–H and O–H groups in total.